The number of hydrogen-bond donors (Lipinski definition) is 1. The monoisotopic (exact) mass is 259 g/mol. The number of aryl methyl sites for hydroxylation is 2. The van der Waals surface area contributed by atoms with Crippen molar-refractivity contribution in [1.29, 1.82) is 0 Å². The average Bonchev–Trinajstić information content (AvgIpc) is 2.97. The summed E-state index contributed by atoms with van der Waals surface area (Å²) in [5.41, 5.74) is 5.78. The van der Waals surface area contributed by atoms with Gasteiger partial charge in [-0.3, -0.25) is 4.68 Å². The lowest BCUT2D eigenvalue weighted by Gasteiger charge is -2.04. The molecule has 3 aromatic heterocycles. The van der Waals surface area contributed by atoms with Gasteiger partial charge in [-0.2, -0.15) is 5.10 Å². The summed E-state index contributed by atoms with van der Waals surface area (Å²) in [6.45, 7) is 2.71. The summed E-state index contributed by atoms with van der Waals surface area (Å²) in [5, 5.41) is 10.8. The Balaban J connectivity index is 1.87. The SMILES string of the molecule is Cc1nn(C)c2ncc(NCc3cscn3)cc12. The maximum Gasteiger partial charge on any atom is 0.157 e. The zero-order valence-electron chi connectivity index (χ0n) is 10.2. The number of aromatic nitrogens is 4. The molecule has 1 N–H and O–H groups in total. The molecular weight excluding hydrogens is 246 g/mol. The third-order valence-corrected chi connectivity index (χ3v) is 3.46. The Labute approximate surface area is 109 Å². The van der Waals surface area contributed by atoms with Crippen molar-refractivity contribution in [2.24, 2.45) is 7.05 Å². The van der Waals surface area contributed by atoms with Crippen LogP contribution in [0.1, 0.15) is 11.4 Å². The Morgan fingerprint density at radius 2 is 2.28 bits per heavy atom. The summed E-state index contributed by atoms with van der Waals surface area (Å²) in [6.07, 6.45) is 1.83. The molecule has 0 saturated carbocycles. The van der Waals surface area contributed by atoms with Crippen LogP contribution in [0.15, 0.2) is 23.2 Å². The highest BCUT2D eigenvalue weighted by atomic mass is 32.1. The number of pyridine rings is 1. The third-order valence-electron chi connectivity index (χ3n) is 2.82. The molecule has 0 amide bonds. The van der Waals surface area contributed by atoms with E-state index in [-0.39, 0.29) is 0 Å². The predicted molar refractivity (Wildman–Crippen MR) is 72.7 cm³/mol. The number of nitrogens with one attached hydrogen (secondary N) is 1. The van der Waals surface area contributed by atoms with Crippen molar-refractivity contribution in [3.05, 3.63) is 34.5 Å². The Bertz CT molecular complexity index is 671. The lowest BCUT2D eigenvalue weighted by Crippen LogP contribution is -2.00. The van der Waals surface area contributed by atoms with Crippen LogP contribution in [0.25, 0.3) is 11.0 Å². The maximum atomic E-state index is 4.42. The van der Waals surface area contributed by atoms with E-state index in [1.165, 1.54) is 0 Å². The van der Waals surface area contributed by atoms with Gasteiger partial charge in [0.25, 0.3) is 0 Å². The van der Waals surface area contributed by atoms with Crippen LogP contribution in [0.4, 0.5) is 5.69 Å². The van der Waals surface area contributed by atoms with Gasteiger partial charge in [0.1, 0.15) is 0 Å². The highest BCUT2D eigenvalue weighted by molar-refractivity contribution is 7.07. The Morgan fingerprint density at radius 1 is 1.39 bits per heavy atom. The van der Waals surface area contributed by atoms with Crippen molar-refractivity contribution in [2.75, 3.05) is 5.32 Å². The highest BCUT2D eigenvalue weighted by Gasteiger charge is 2.06. The van der Waals surface area contributed by atoms with Crippen LogP contribution in [0, 0.1) is 6.92 Å². The normalized spacial score (nSPS) is 11.0. The molecule has 5 nitrogen and oxygen atoms in total. The van der Waals surface area contributed by atoms with Crippen LogP contribution in [-0.2, 0) is 13.6 Å². The second-order valence-corrected chi connectivity index (χ2v) is 4.86. The molecule has 0 fully saturated rings. The van der Waals surface area contributed by atoms with Crippen LogP contribution >= 0.6 is 11.3 Å². The van der Waals surface area contributed by atoms with Gasteiger partial charge < -0.3 is 5.32 Å². The van der Waals surface area contributed by atoms with Crippen molar-refractivity contribution >= 4 is 28.1 Å². The molecule has 0 atom stereocenters. The van der Waals surface area contributed by atoms with E-state index in [1.807, 2.05) is 31.1 Å². The summed E-state index contributed by atoms with van der Waals surface area (Å²) < 4.78 is 1.80. The summed E-state index contributed by atoms with van der Waals surface area (Å²) in [5.74, 6) is 0. The molecule has 92 valence electrons. The molecule has 6 heteroatoms. The number of fused-ring (bicyclic) bond motifs is 1. The number of anilines is 1. The fourth-order valence-corrected chi connectivity index (χ4v) is 2.48. The maximum absolute atomic E-state index is 4.42. The molecule has 3 aromatic rings. The van der Waals surface area contributed by atoms with Crippen molar-refractivity contribution in [2.45, 2.75) is 13.5 Å². The largest absolute Gasteiger partial charge is 0.378 e. The van der Waals surface area contributed by atoms with Gasteiger partial charge in [-0.25, -0.2) is 9.97 Å². The number of nitrogens with zero attached hydrogens (tertiary/aromatic N) is 4. The second-order valence-electron chi connectivity index (χ2n) is 4.14. The summed E-state index contributed by atoms with van der Waals surface area (Å²) in [7, 11) is 1.91. The quantitative estimate of drug-likeness (QED) is 0.784. The number of hydrogen-bond acceptors (Lipinski definition) is 5. The molecule has 0 spiro atoms. The van der Waals surface area contributed by atoms with Gasteiger partial charge in [-0.15, -0.1) is 11.3 Å². The van der Waals surface area contributed by atoms with E-state index in [0.29, 0.717) is 0 Å². The molecule has 0 aliphatic heterocycles. The molecule has 0 aromatic carbocycles. The first-order valence-corrected chi connectivity index (χ1v) is 6.58. The van der Waals surface area contributed by atoms with E-state index < -0.39 is 0 Å². The van der Waals surface area contributed by atoms with Crippen LogP contribution in [0.5, 0.6) is 0 Å². The van der Waals surface area contributed by atoms with E-state index in [9.17, 15) is 0 Å². The van der Waals surface area contributed by atoms with Crippen molar-refractivity contribution in [1.82, 2.24) is 19.7 Å². The first-order chi connectivity index (χ1) is 8.74. The highest BCUT2D eigenvalue weighted by Crippen LogP contribution is 2.19. The molecule has 3 heterocycles. The van der Waals surface area contributed by atoms with Gasteiger partial charge in [0.05, 0.1) is 35.3 Å². The Hall–Kier alpha value is -1.95. The van der Waals surface area contributed by atoms with Crippen molar-refractivity contribution < 1.29 is 0 Å². The smallest absolute Gasteiger partial charge is 0.157 e. The van der Waals surface area contributed by atoms with Gasteiger partial charge >= 0.3 is 0 Å². The first kappa shape index (κ1) is 11.2. The van der Waals surface area contributed by atoms with Crippen LogP contribution in [0.2, 0.25) is 0 Å². The summed E-state index contributed by atoms with van der Waals surface area (Å²) >= 11 is 1.60. The van der Waals surface area contributed by atoms with E-state index in [4.69, 9.17) is 0 Å². The standard InChI is InChI=1S/C12H13N5S/c1-8-11-3-9(4-14-12(11)17(2)16-8)13-5-10-6-18-7-15-10/h3-4,6-7,13H,5H2,1-2H3. The molecule has 0 aliphatic carbocycles. The summed E-state index contributed by atoms with van der Waals surface area (Å²) in [6, 6.07) is 2.08. The topological polar surface area (TPSA) is 55.6 Å². The van der Waals surface area contributed by atoms with Gasteiger partial charge in [0.2, 0.25) is 0 Å². The van der Waals surface area contributed by atoms with Gasteiger partial charge in [-0.05, 0) is 13.0 Å². The first-order valence-electron chi connectivity index (χ1n) is 5.64. The zero-order chi connectivity index (χ0) is 12.5. The predicted octanol–water partition coefficient (Wildman–Crippen LogP) is 2.35. The number of thiazole rings is 1. The molecule has 0 saturated heterocycles. The molecule has 0 unspecified atom stereocenters. The average molecular weight is 259 g/mol. The molecule has 18 heavy (non-hydrogen) atoms. The van der Waals surface area contributed by atoms with E-state index in [1.54, 1.807) is 16.0 Å². The third kappa shape index (κ3) is 1.95. The molecule has 3 rings (SSSR count). The van der Waals surface area contributed by atoms with Crippen LogP contribution in [-0.4, -0.2) is 19.7 Å². The number of rotatable bonds is 3. The minimum atomic E-state index is 0.718. The fourth-order valence-electron chi connectivity index (χ4n) is 1.92. The Kier molecular flexibility index (Phi) is 2.71. The molecule has 0 radical (unpaired) electrons. The molecule has 0 bridgehead atoms. The molecular formula is C12H13N5S. The van der Waals surface area contributed by atoms with Gasteiger partial charge in [-0.1, -0.05) is 0 Å². The summed E-state index contributed by atoms with van der Waals surface area (Å²) in [4.78, 5) is 8.66. The molecule has 0 aliphatic rings. The van der Waals surface area contributed by atoms with Gasteiger partial charge in [0.15, 0.2) is 5.65 Å². The lowest BCUT2D eigenvalue weighted by atomic mass is 10.2. The van der Waals surface area contributed by atoms with E-state index >= 15 is 0 Å². The fraction of sp³-hybridized carbons (Fsp3) is 0.250. The zero-order valence-corrected chi connectivity index (χ0v) is 11.0. The minimum absolute atomic E-state index is 0.718. The van der Waals surface area contributed by atoms with Gasteiger partial charge in [0, 0.05) is 17.8 Å². The van der Waals surface area contributed by atoms with Crippen LogP contribution < -0.4 is 5.32 Å². The minimum Gasteiger partial charge on any atom is -0.378 e. The van der Waals surface area contributed by atoms with E-state index in [0.717, 1.165) is 34.7 Å². The van der Waals surface area contributed by atoms with Crippen molar-refractivity contribution in [3.63, 3.8) is 0 Å². The second kappa shape index (κ2) is 4.38. The van der Waals surface area contributed by atoms with Crippen LogP contribution in [0.3, 0.4) is 0 Å². The van der Waals surface area contributed by atoms with Crippen molar-refractivity contribution in [3.8, 4) is 0 Å². The Morgan fingerprint density at radius 3 is 3.06 bits per heavy atom. The lowest BCUT2D eigenvalue weighted by molar-refractivity contribution is 0.774. The van der Waals surface area contributed by atoms with E-state index in [2.05, 4.69) is 26.4 Å².